The van der Waals surface area contributed by atoms with Crippen LogP contribution in [0.3, 0.4) is 0 Å². The number of hydrogen-bond acceptors (Lipinski definition) is 5. The van der Waals surface area contributed by atoms with E-state index in [2.05, 4.69) is 31.9 Å². The smallest absolute Gasteiger partial charge is 0.328 e. The van der Waals surface area contributed by atoms with Crippen LogP contribution in [0.1, 0.15) is 28.4 Å². The Morgan fingerprint density at radius 3 is 2.56 bits per heavy atom. The Labute approximate surface area is 226 Å². The average Bonchev–Trinajstić information content (AvgIpc) is 3.08. The molecule has 0 aromatic heterocycles. The fourth-order valence-corrected chi connectivity index (χ4v) is 4.94. The topological polar surface area (TPSA) is 96.5 Å². The van der Waals surface area contributed by atoms with E-state index in [9.17, 15) is 14.4 Å². The van der Waals surface area contributed by atoms with Crippen LogP contribution >= 0.6 is 39.1 Å². The summed E-state index contributed by atoms with van der Waals surface area (Å²) in [6.07, 6.45) is 0.236. The molecule has 7 nitrogen and oxygen atoms in total. The minimum Gasteiger partial charge on any atom is -0.467 e. The van der Waals surface area contributed by atoms with Crippen molar-refractivity contribution in [3.8, 4) is 0 Å². The summed E-state index contributed by atoms with van der Waals surface area (Å²) in [5.74, 6) is -1.39. The molecule has 186 valence electrons. The Bertz CT molecular complexity index is 1370. The zero-order valence-electron chi connectivity index (χ0n) is 19.3. The van der Waals surface area contributed by atoms with Crippen LogP contribution in [-0.4, -0.2) is 30.9 Å². The first-order chi connectivity index (χ1) is 17.1. The first-order valence-electron chi connectivity index (χ1n) is 11.0. The average molecular weight is 591 g/mol. The van der Waals surface area contributed by atoms with E-state index in [0.29, 0.717) is 31.5 Å². The van der Waals surface area contributed by atoms with Crippen LogP contribution in [-0.2, 0) is 26.3 Å². The number of esters is 1. The Morgan fingerprint density at radius 2 is 1.83 bits per heavy atom. The maximum atomic E-state index is 13.6. The Kier molecular flexibility index (Phi) is 7.59. The molecule has 2 atom stereocenters. The first-order valence-corrected chi connectivity index (χ1v) is 12.5. The number of ether oxygens (including phenoxy) is 1. The molecule has 1 unspecified atom stereocenters. The predicted molar refractivity (Wildman–Crippen MR) is 144 cm³/mol. The van der Waals surface area contributed by atoms with Crippen molar-refractivity contribution < 1.29 is 19.1 Å². The molecule has 0 aliphatic carbocycles. The minimum atomic E-state index is -1.28. The highest BCUT2D eigenvalue weighted by molar-refractivity contribution is 9.10. The second-order valence-corrected chi connectivity index (χ2v) is 10.2. The van der Waals surface area contributed by atoms with E-state index >= 15 is 0 Å². The zero-order chi connectivity index (χ0) is 26.0. The van der Waals surface area contributed by atoms with Gasteiger partial charge >= 0.3 is 5.97 Å². The van der Waals surface area contributed by atoms with Gasteiger partial charge in [-0.05, 0) is 55.0 Å². The van der Waals surface area contributed by atoms with Crippen LogP contribution in [0, 0.1) is 0 Å². The van der Waals surface area contributed by atoms with Crippen molar-refractivity contribution in [1.29, 1.82) is 0 Å². The van der Waals surface area contributed by atoms with Gasteiger partial charge in [0.05, 0.1) is 12.7 Å². The van der Waals surface area contributed by atoms with Gasteiger partial charge in [-0.2, -0.15) is 0 Å². The summed E-state index contributed by atoms with van der Waals surface area (Å²) in [4.78, 5) is 38.6. The Morgan fingerprint density at radius 1 is 1.08 bits per heavy atom. The third kappa shape index (κ3) is 5.21. The number of rotatable bonds is 7. The molecule has 36 heavy (non-hydrogen) atoms. The maximum absolute atomic E-state index is 13.6. The number of carbonyl (C=O) groups is 3. The second kappa shape index (κ2) is 10.5. The molecular weight excluding hydrogens is 569 g/mol. The van der Waals surface area contributed by atoms with Crippen LogP contribution < -0.4 is 16.0 Å². The van der Waals surface area contributed by atoms with Gasteiger partial charge in [0.1, 0.15) is 11.6 Å². The number of methoxy groups -OCH3 is 1. The first kappa shape index (κ1) is 26.0. The van der Waals surface area contributed by atoms with Gasteiger partial charge in [-0.1, -0.05) is 57.3 Å². The van der Waals surface area contributed by atoms with Crippen molar-refractivity contribution in [1.82, 2.24) is 5.32 Å². The highest BCUT2D eigenvalue weighted by Crippen LogP contribution is 2.43. The van der Waals surface area contributed by atoms with E-state index in [1.807, 2.05) is 12.1 Å². The fraction of sp³-hybridized carbons (Fsp3) is 0.192. The number of halogens is 3. The molecule has 0 spiro atoms. The Hall–Kier alpha value is -3.07. The molecule has 0 saturated heterocycles. The number of anilines is 2. The van der Waals surface area contributed by atoms with E-state index in [1.165, 1.54) is 14.0 Å². The molecule has 10 heteroatoms. The summed E-state index contributed by atoms with van der Waals surface area (Å²) in [5.41, 5.74) is 1.41. The quantitative estimate of drug-likeness (QED) is 0.314. The maximum Gasteiger partial charge on any atom is 0.328 e. The van der Waals surface area contributed by atoms with Crippen LogP contribution in [0.2, 0.25) is 10.0 Å². The van der Waals surface area contributed by atoms with Crippen LogP contribution in [0.5, 0.6) is 0 Å². The van der Waals surface area contributed by atoms with E-state index < -0.39 is 23.5 Å². The summed E-state index contributed by atoms with van der Waals surface area (Å²) in [6.45, 7) is 1.53. The van der Waals surface area contributed by atoms with E-state index in [4.69, 9.17) is 27.9 Å². The molecular formula is C26H22BrCl2N3O4. The molecule has 0 bridgehead atoms. The van der Waals surface area contributed by atoms with Crippen LogP contribution in [0.25, 0.3) is 0 Å². The molecule has 2 amide bonds. The van der Waals surface area contributed by atoms with Gasteiger partial charge < -0.3 is 20.7 Å². The van der Waals surface area contributed by atoms with Gasteiger partial charge in [0.2, 0.25) is 0 Å². The Balaban J connectivity index is 1.81. The molecule has 3 aromatic carbocycles. The van der Waals surface area contributed by atoms with E-state index in [0.717, 1.165) is 5.56 Å². The lowest BCUT2D eigenvalue weighted by Gasteiger charge is -2.31. The van der Waals surface area contributed by atoms with E-state index in [1.54, 1.807) is 48.5 Å². The number of hydrogen-bond donors (Lipinski definition) is 3. The number of nitrogens with one attached hydrogen (secondary N) is 3. The molecule has 0 saturated carbocycles. The lowest BCUT2D eigenvalue weighted by Crippen LogP contribution is -2.45. The third-order valence-electron chi connectivity index (χ3n) is 5.91. The number of fused-ring (bicyclic) bond motifs is 1. The molecule has 0 fully saturated rings. The standard InChI is InChI=1S/C26H22BrCl2N3O4/c1-14(24(34)36-2)30-23(33)19-8-6-16(27)11-21(19)32-26(13-15-4-3-5-17(28)10-15)20-9-7-18(29)12-22(20)31-25(26)35/h3-12,14,32H,13H2,1-2H3,(H,30,33)(H,31,35)/t14-,26?/m1/s1. The van der Waals surface area contributed by atoms with Crippen molar-refractivity contribution >= 4 is 68.3 Å². The van der Waals surface area contributed by atoms with Crippen LogP contribution in [0.15, 0.2) is 65.1 Å². The summed E-state index contributed by atoms with van der Waals surface area (Å²) in [7, 11) is 1.25. The predicted octanol–water partition coefficient (Wildman–Crippen LogP) is 5.55. The largest absolute Gasteiger partial charge is 0.467 e. The molecule has 1 heterocycles. The van der Waals surface area contributed by atoms with Crippen molar-refractivity contribution in [3.63, 3.8) is 0 Å². The summed E-state index contributed by atoms with van der Waals surface area (Å²) < 4.78 is 5.40. The number of amides is 2. The van der Waals surface area contributed by atoms with E-state index in [-0.39, 0.29) is 17.9 Å². The lowest BCUT2D eigenvalue weighted by atomic mass is 9.84. The third-order valence-corrected chi connectivity index (χ3v) is 6.88. The van der Waals surface area contributed by atoms with Crippen molar-refractivity contribution in [3.05, 3.63) is 91.9 Å². The van der Waals surface area contributed by atoms with Gasteiger partial charge in [0, 0.05) is 37.9 Å². The molecule has 3 N–H and O–H groups in total. The van der Waals surface area contributed by atoms with Gasteiger partial charge in [-0.15, -0.1) is 0 Å². The van der Waals surface area contributed by atoms with Gasteiger partial charge in [-0.25, -0.2) is 4.79 Å². The molecule has 0 radical (unpaired) electrons. The monoisotopic (exact) mass is 589 g/mol. The van der Waals surface area contributed by atoms with Crippen molar-refractivity contribution in [2.24, 2.45) is 0 Å². The van der Waals surface area contributed by atoms with Crippen molar-refractivity contribution in [2.75, 3.05) is 17.7 Å². The molecule has 1 aliphatic heterocycles. The SMILES string of the molecule is COC(=O)[C@@H](C)NC(=O)c1ccc(Br)cc1NC1(Cc2cccc(Cl)c2)C(=O)Nc2cc(Cl)ccc21. The summed E-state index contributed by atoms with van der Waals surface area (Å²) >= 11 is 15.9. The number of benzene rings is 3. The lowest BCUT2D eigenvalue weighted by molar-refractivity contribution is -0.142. The molecule has 3 aromatic rings. The normalized spacial score (nSPS) is 17.1. The summed E-state index contributed by atoms with van der Waals surface area (Å²) in [5, 5.41) is 9.91. The second-order valence-electron chi connectivity index (χ2n) is 8.39. The molecule has 4 rings (SSSR count). The van der Waals surface area contributed by atoms with Crippen LogP contribution in [0.4, 0.5) is 11.4 Å². The fourth-order valence-electron chi connectivity index (χ4n) is 4.20. The van der Waals surface area contributed by atoms with Crippen molar-refractivity contribution in [2.45, 2.75) is 24.9 Å². The minimum absolute atomic E-state index is 0.236. The van der Waals surface area contributed by atoms with Gasteiger partial charge in [0.25, 0.3) is 11.8 Å². The van der Waals surface area contributed by atoms with Gasteiger partial charge in [-0.3, -0.25) is 9.59 Å². The van der Waals surface area contributed by atoms with Gasteiger partial charge in [0.15, 0.2) is 0 Å². The summed E-state index contributed by atoms with van der Waals surface area (Å²) in [6, 6.07) is 16.6. The zero-order valence-corrected chi connectivity index (χ0v) is 22.4. The molecule has 1 aliphatic rings. The highest BCUT2D eigenvalue weighted by atomic mass is 79.9. The number of carbonyl (C=O) groups excluding carboxylic acids is 3. The highest BCUT2D eigenvalue weighted by Gasteiger charge is 2.47.